The molecule has 0 atom stereocenters. The summed E-state index contributed by atoms with van der Waals surface area (Å²) in [5.41, 5.74) is -3.80. The van der Waals surface area contributed by atoms with E-state index >= 15 is 0 Å². The monoisotopic (exact) mass is 1020 g/mol. The Balaban J connectivity index is 0.000000242. The minimum Gasteiger partial charge on any atom is -0.363 e. The third-order valence-corrected chi connectivity index (χ3v) is 12.5. The van der Waals surface area contributed by atoms with Gasteiger partial charge in [0.25, 0.3) is 26.0 Å². The SMILES string of the molecule is COCN(c1cc(Cl)cnc1C(=O)N(C)OC)S(=O)(=O)c1ccc(Cl)c(C(F)(F)F)c1.O=C(c1ncc(Cl)cc1NS(=O)(=O)c1ccc(Cl)c(C(F)(F)F)c1)c1ncnc2[nH]ccc12. The molecule has 0 bridgehead atoms. The summed E-state index contributed by atoms with van der Waals surface area (Å²) in [6, 6.07) is 7.96. The van der Waals surface area contributed by atoms with E-state index in [9.17, 15) is 52.8 Å². The Bertz CT molecular complexity index is 2980. The van der Waals surface area contributed by atoms with Crippen LogP contribution in [0.25, 0.3) is 11.0 Å². The number of aromatic amines is 1. The molecule has 4 heterocycles. The Morgan fingerprint density at radius 1 is 0.750 bits per heavy atom. The Morgan fingerprint density at radius 3 is 1.89 bits per heavy atom. The topological polar surface area (TPSA) is 207 Å². The number of nitrogens with zero attached hydrogens (tertiary/aromatic N) is 6. The first-order valence-corrected chi connectivity index (χ1v) is 21.5. The van der Waals surface area contributed by atoms with Gasteiger partial charge in [-0.25, -0.2) is 46.1 Å². The van der Waals surface area contributed by atoms with Crippen molar-refractivity contribution >= 4 is 101 Å². The number of rotatable bonds is 12. The highest BCUT2D eigenvalue weighted by Gasteiger charge is 2.38. The molecule has 1 amide bonds. The highest BCUT2D eigenvalue weighted by molar-refractivity contribution is 7.93. The van der Waals surface area contributed by atoms with Gasteiger partial charge < -0.3 is 9.72 Å². The van der Waals surface area contributed by atoms with Crippen molar-refractivity contribution in [2.24, 2.45) is 0 Å². The van der Waals surface area contributed by atoms with Crippen LogP contribution in [0.3, 0.4) is 0 Å². The molecule has 16 nitrogen and oxygen atoms in total. The minimum absolute atomic E-state index is 0.0224. The molecule has 64 heavy (non-hydrogen) atoms. The highest BCUT2D eigenvalue weighted by atomic mass is 35.5. The third-order valence-electron chi connectivity index (χ3n) is 8.38. The van der Waals surface area contributed by atoms with Gasteiger partial charge >= 0.3 is 12.4 Å². The Hall–Kier alpha value is -5.34. The van der Waals surface area contributed by atoms with Crippen LogP contribution in [0.15, 0.2) is 89.3 Å². The van der Waals surface area contributed by atoms with Crippen LogP contribution in [0.2, 0.25) is 20.1 Å². The number of halogens is 10. The summed E-state index contributed by atoms with van der Waals surface area (Å²) in [5, 5.41) is -0.254. The van der Waals surface area contributed by atoms with Gasteiger partial charge in [0.1, 0.15) is 30.1 Å². The molecule has 0 aliphatic carbocycles. The van der Waals surface area contributed by atoms with Crippen molar-refractivity contribution in [1.82, 2.24) is 30.0 Å². The Labute approximate surface area is 378 Å². The van der Waals surface area contributed by atoms with Gasteiger partial charge in [0.05, 0.1) is 59.5 Å². The number of carbonyl (C=O) groups is 2. The van der Waals surface area contributed by atoms with E-state index in [2.05, 4.69) is 29.6 Å². The van der Waals surface area contributed by atoms with Gasteiger partial charge in [-0.15, -0.1) is 0 Å². The van der Waals surface area contributed by atoms with Crippen molar-refractivity contribution in [2.75, 3.05) is 37.0 Å². The number of hydroxylamine groups is 2. The fraction of sp³-hybridized carbons (Fsp3) is 0.167. The third kappa shape index (κ3) is 10.9. The van der Waals surface area contributed by atoms with Gasteiger partial charge in [-0.3, -0.25) is 19.1 Å². The number of carbonyl (C=O) groups excluding carboxylic acids is 2. The standard InChI is InChI=1S/C19H10Cl2F3N5O3S.C17H16Cl2F3N3O5S/c20-9-5-14(29-33(31,32)10-1-2-13(21)12(6-10)19(22,23)24)16(26-7-9)17(30)15-11-3-4-25-18(11)28-8-27-15;1-24(30-3)16(26)15-14(6-10(18)8-23-15)25(9-29-2)31(27,28)11-4-5-13(19)12(7-11)17(20,21)22/h1-8,29H,(H,25,27,28);4-8H,9H2,1-3H3. The maximum atomic E-state index is 13.2. The lowest BCUT2D eigenvalue weighted by atomic mass is 10.1. The lowest BCUT2D eigenvalue weighted by Crippen LogP contribution is -2.36. The molecule has 340 valence electrons. The molecule has 4 aromatic heterocycles. The van der Waals surface area contributed by atoms with Crippen molar-refractivity contribution in [3.05, 3.63) is 128 Å². The number of sulfonamides is 2. The molecule has 6 aromatic rings. The van der Waals surface area contributed by atoms with E-state index in [0.717, 1.165) is 67.3 Å². The number of anilines is 2. The molecule has 2 N–H and O–H groups in total. The first-order valence-electron chi connectivity index (χ1n) is 17.1. The summed E-state index contributed by atoms with van der Waals surface area (Å²) in [5.74, 6) is -1.60. The normalized spacial score (nSPS) is 12.1. The number of hydrogen-bond donors (Lipinski definition) is 2. The second kappa shape index (κ2) is 19.4. The van der Waals surface area contributed by atoms with Gasteiger partial charge in [-0.05, 0) is 54.6 Å². The van der Waals surface area contributed by atoms with Crippen LogP contribution in [0.5, 0.6) is 0 Å². The molecule has 0 saturated heterocycles. The van der Waals surface area contributed by atoms with Crippen LogP contribution < -0.4 is 9.03 Å². The van der Waals surface area contributed by atoms with Crippen molar-refractivity contribution in [3.8, 4) is 0 Å². The van der Waals surface area contributed by atoms with Gasteiger partial charge in [-0.2, -0.15) is 26.3 Å². The molecule has 0 spiro atoms. The van der Waals surface area contributed by atoms with Gasteiger partial charge in [-0.1, -0.05) is 46.4 Å². The van der Waals surface area contributed by atoms with Gasteiger partial charge in [0, 0.05) is 38.1 Å². The number of aromatic nitrogens is 5. The Kier molecular flexibility index (Phi) is 15.1. The number of methoxy groups -OCH3 is 1. The van der Waals surface area contributed by atoms with Crippen LogP contribution in [0.1, 0.15) is 37.8 Å². The highest BCUT2D eigenvalue weighted by Crippen LogP contribution is 2.39. The lowest BCUT2D eigenvalue weighted by molar-refractivity contribution is -0.138. The van der Waals surface area contributed by atoms with Gasteiger partial charge in [0.2, 0.25) is 5.78 Å². The predicted molar refractivity (Wildman–Crippen MR) is 220 cm³/mol. The zero-order valence-corrected chi connectivity index (χ0v) is 36.9. The molecule has 0 radical (unpaired) electrons. The predicted octanol–water partition coefficient (Wildman–Crippen LogP) is 8.55. The van der Waals surface area contributed by atoms with E-state index in [0.29, 0.717) is 27.5 Å². The summed E-state index contributed by atoms with van der Waals surface area (Å²) in [6.45, 7) is -0.661. The smallest absolute Gasteiger partial charge is 0.363 e. The molecule has 0 aliphatic heterocycles. The number of H-pyrrole nitrogens is 1. The molecule has 0 aliphatic rings. The van der Waals surface area contributed by atoms with Crippen molar-refractivity contribution in [2.45, 2.75) is 22.1 Å². The van der Waals surface area contributed by atoms with Crippen LogP contribution in [0.4, 0.5) is 37.7 Å². The fourth-order valence-electron chi connectivity index (χ4n) is 5.37. The van der Waals surface area contributed by atoms with Crippen LogP contribution in [0, 0.1) is 0 Å². The van der Waals surface area contributed by atoms with Gasteiger partial charge in [0.15, 0.2) is 5.69 Å². The van der Waals surface area contributed by atoms with Crippen molar-refractivity contribution in [3.63, 3.8) is 0 Å². The minimum atomic E-state index is -4.89. The summed E-state index contributed by atoms with van der Waals surface area (Å²) < 4.78 is 139. The molecule has 28 heteroatoms. The number of amides is 1. The lowest BCUT2D eigenvalue weighted by Gasteiger charge is -2.26. The number of ether oxygens (including phenoxy) is 1. The van der Waals surface area contributed by atoms with Crippen LogP contribution in [-0.4, -0.2) is 86.5 Å². The number of nitrogens with one attached hydrogen (secondary N) is 2. The maximum Gasteiger partial charge on any atom is 0.417 e. The number of hydrogen-bond acceptors (Lipinski definition) is 12. The first kappa shape index (κ1) is 49.7. The second-order valence-electron chi connectivity index (χ2n) is 12.5. The number of benzene rings is 2. The zero-order chi connectivity index (χ0) is 47.5. The number of alkyl halides is 6. The summed E-state index contributed by atoms with van der Waals surface area (Å²) in [7, 11) is -5.67. The van der Waals surface area contributed by atoms with Crippen LogP contribution in [-0.2, 0) is 42.0 Å². The second-order valence-corrected chi connectivity index (χ2v) is 17.7. The molecule has 0 unspecified atom stereocenters. The fourth-order valence-corrected chi connectivity index (χ4v) is 8.61. The molecular weight excluding hydrogens is 992 g/mol. The maximum absolute atomic E-state index is 13.2. The van der Waals surface area contributed by atoms with Crippen molar-refractivity contribution < 1.29 is 62.3 Å². The average molecular weight is 1020 g/mol. The molecule has 6 rings (SSSR count). The summed E-state index contributed by atoms with van der Waals surface area (Å²) >= 11 is 23.0. The van der Waals surface area contributed by atoms with E-state index in [1.807, 2.05) is 0 Å². The van der Waals surface area contributed by atoms with Crippen LogP contribution >= 0.6 is 46.4 Å². The molecule has 0 saturated carbocycles. The van der Waals surface area contributed by atoms with E-state index in [-0.39, 0.29) is 38.5 Å². The number of fused-ring (bicyclic) bond motifs is 1. The quantitative estimate of drug-likeness (QED) is 0.0512. The largest absolute Gasteiger partial charge is 0.417 e. The van der Waals surface area contributed by atoms with E-state index < -0.39 is 81.8 Å². The number of ketones is 1. The average Bonchev–Trinajstić information content (AvgIpc) is 3.71. The molecule has 0 fully saturated rings. The Morgan fingerprint density at radius 2 is 1.31 bits per heavy atom. The zero-order valence-electron chi connectivity index (χ0n) is 32.3. The first-order chi connectivity index (χ1) is 29.8. The summed E-state index contributed by atoms with van der Waals surface area (Å²) in [4.78, 5) is 47.6. The van der Waals surface area contributed by atoms with Crippen molar-refractivity contribution in [1.29, 1.82) is 0 Å². The number of pyridine rings is 2. The van der Waals surface area contributed by atoms with E-state index in [1.165, 1.54) is 20.4 Å². The molecular formula is C36H26Cl4F6N8O8S2. The molecule has 2 aromatic carbocycles. The van der Waals surface area contributed by atoms with E-state index in [1.54, 1.807) is 6.07 Å². The summed E-state index contributed by atoms with van der Waals surface area (Å²) in [6.07, 6.45) is -4.88. The van der Waals surface area contributed by atoms with E-state index in [4.69, 9.17) is 56.0 Å².